The van der Waals surface area contributed by atoms with E-state index in [9.17, 15) is 4.79 Å². The van der Waals surface area contributed by atoms with E-state index in [1.807, 2.05) is 80.6 Å². The molecule has 0 fully saturated rings. The summed E-state index contributed by atoms with van der Waals surface area (Å²) in [7, 11) is 0. The molecule has 0 aliphatic rings. The number of carbonyl (C=O) groups is 1. The Labute approximate surface area is 159 Å². The highest BCUT2D eigenvalue weighted by molar-refractivity contribution is 6.35. The number of hydrogen-bond acceptors (Lipinski definition) is 2. The molecule has 1 N–H and O–H groups in total. The number of carbonyl (C=O) groups excluding carboxylic acids is 1. The van der Waals surface area contributed by atoms with Gasteiger partial charge in [0.15, 0.2) is 5.78 Å². The van der Waals surface area contributed by atoms with Gasteiger partial charge >= 0.3 is 0 Å². The van der Waals surface area contributed by atoms with Crippen LogP contribution in [0.3, 0.4) is 0 Å². The summed E-state index contributed by atoms with van der Waals surface area (Å²) in [5.41, 5.74) is 5.04. The standard InChI is InChI=1S/C23H20ClNO/c1-3-8-17-10-5-7-12-22(17)25-18-13-14-20(21(24)15-18)23(26)19-11-6-4-9-16(19)2/h3-15,25H,1-2H3/b8-3+. The van der Waals surface area contributed by atoms with Crippen molar-refractivity contribution in [3.63, 3.8) is 0 Å². The zero-order chi connectivity index (χ0) is 18.5. The summed E-state index contributed by atoms with van der Waals surface area (Å²) in [4.78, 5) is 12.8. The number of rotatable bonds is 5. The van der Waals surface area contributed by atoms with Crippen molar-refractivity contribution in [2.45, 2.75) is 13.8 Å². The summed E-state index contributed by atoms with van der Waals surface area (Å²) in [6.45, 7) is 3.91. The summed E-state index contributed by atoms with van der Waals surface area (Å²) < 4.78 is 0. The molecule has 0 saturated carbocycles. The van der Waals surface area contributed by atoms with E-state index in [0.29, 0.717) is 16.1 Å². The normalized spacial score (nSPS) is 10.9. The molecule has 0 heterocycles. The molecule has 0 bridgehead atoms. The van der Waals surface area contributed by atoms with Crippen LogP contribution in [-0.4, -0.2) is 5.78 Å². The topological polar surface area (TPSA) is 29.1 Å². The quantitative estimate of drug-likeness (QED) is 0.515. The van der Waals surface area contributed by atoms with Crippen LogP contribution in [0.2, 0.25) is 5.02 Å². The molecule has 3 aromatic rings. The van der Waals surface area contributed by atoms with Crippen LogP contribution in [0.15, 0.2) is 72.8 Å². The molecule has 0 aromatic heterocycles. The third-order valence-electron chi connectivity index (χ3n) is 4.19. The van der Waals surface area contributed by atoms with Crippen LogP contribution in [0.5, 0.6) is 0 Å². The second kappa shape index (κ2) is 8.03. The molecular formula is C23H20ClNO. The first-order chi connectivity index (χ1) is 12.6. The van der Waals surface area contributed by atoms with Crippen molar-refractivity contribution in [1.29, 1.82) is 0 Å². The highest BCUT2D eigenvalue weighted by atomic mass is 35.5. The maximum Gasteiger partial charge on any atom is 0.194 e. The van der Waals surface area contributed by atoms with Gasteiger partial charge in [-0.25, -0.2) is 0 Å². The maximum absolute atomic E-state index is 12.8. The molecule has 0 saturated heterocycles. The van der Waals surface area contributed by atoms with Gasteiger partial charge in [0.05, 0.1) is 5.02 Å². The van der Waals surface area contributed by atoms with Gasteiger partial charge in [0.1, 0.15) is 0 Å². The average Bonchev–Trinajstić information content (AvgIpc) is 2.64. The summed E-state index contributed by atoms with van der Waals surface area (Å²) in [5, 5.41) is 3.81. The smallest absolute Gasteiger partial charge is 0.194 e. The molecule has 0 atom stereocenters. The van der Waals surface area contributed by atoms with E-state index in [2.05, 4.69) is 5.32 Å². The number of ketones is 1. The molecule has 130 valence electrons. The first kappa shape index (κ1) is 18.0. The van der Waals surface area contributed by atoms with Crippen LogP contribution in [0, 0.1) is 6.92 Å². The minimum Gasteiger partial charge on any atom is -0.355 e. The Morgan fingerprint density at radius 2 is 1.69 bits per heavy atom. The van der Waals surface area contributed by atoms with Gasteiger partial charge in [-0.05, 0) is 49.2 Å². The molecule has 0 radical (unpaired) electrons. The largest absolute Gasteiger partial charge is 0.355 e. The number of aryl methyl sites for hydroxylation is 1. The van der Waals surface area contributed by atoms with E-state index in [4.69, 9.17) is 11.6 Å². The SMILES string of the molecule is C/C=C/c1ccccc1Nc1ccc(C(=O)c2ccccc2C)c(Cl)c1. The van der Waals surface area contributed by atoms with E-state index < -0.39 is 0 Å². The zero-order valence-electron chi connectivity index (χ0n) is 14.8. The van der Waals surface area contributed by atoms with Gasteiger partial charge in [0.2, 0.25) is 0 Å². The second-order valence-electron chi connectivity index (χ2n) is 6.05. The highest BCUT2D eigenvalue weighted by Gasteiger charge is 2.15. The minimum absolute atomic E-state index is 0.0611. The lowest BCUT2D eigenvalue weighted by atomic mass is 9.99. The van der Waals surface area contributed by atoms with Crippen molar-refractivity contribution in [2.24, 2.45) is 0 Å². The maximum atomic E-state index is 12.8. The first-order valence-electron chi connectivity index (χ1n) is 8.49. The highest BCUT2D eigenvalue weighted by Crippen LogP contribution is 2.28. The Morgan fingerprint density at radius 1 is 0.962 bits per heavy atom. The third-order valence-corrected chi connectivity index (χ3v) is 4.50. The van der Waals surface area contributed by atoms with Crippen molar-refractivity contribution in [1.82, 2.24) is 0 Å². The summed E-state index contributed by atoms with van der Waals surface area (Å²) in [6.07, 6.45) is 4.04. The van der Waals surface area contributed by atoms with Gasteiger partial charge < -0.3 is 5.32 Å². The zero-order valence-corrected chi connectivity index (χ0v) is 15.5. The van der Waals surface area contributed by atoms with Gasteiger partial charge in [-0.1, -0.05) is 66.2 Å². The Kier molecular flexibility index (Phi) is 5.55. The molecule has 0 spiro atoms. The number of hydrogen-bond donors (Lipinski definition) is 1. The number of anilines is 2. The van der Waals surface area contributed by atoms with E-state index in [0.717, 1.165) is 22.5 Å². The number of halogens is 1. The lowest BCUT2D eigenvalue weighted by Crippen LogP contribution is -2.04. The van der Waals surface area contributed by atoms with Crippen LogP contribution in [0.1, 0.15) is 34.0 Å². The molecule has 26 heavy (non-hydrogen) atoms. The van der Waals surface area contributed by atoms with Gasteiger partial charge in [-0.15, -0.1) is 0 Å². The van der Waals surface area contributed by atoms with Crippen LogP contribution in [0.4, 0.5) is 11.4 Å². The van der Waals surface area contributed by atoms with Crippen LogP contribution < -0.4 is 5.32 Å². The number of nitrogens with one attached hydrogen (secondary N) is 1. The van der Waals surface area contributed by atoms with Crippen LogP contribution >= 0.6 is 11.6 Å². The Morgan fingerprint density at radius 3 is 2.42 bits per heavy atom. The van der Waals surface area contributed by atoms with Crippen molar-refractivity contribution < 1.29 is 4.79 Å². The average molecular weight is 362 g/mol. The lowest BCUT2D eigenvalue weighted by Gasteiger charge is -2.12. The first-order valence-corrected chi connectivity index (χ1v) is 8.86. The Bertz CT molecular complexity index is 975. The van der Waals surface area contributed by atoms with Crippen molar-refractivity contribution in [3.05, 3.63) is 100 Å². The minimum atomic E-state index is -0.0611. The Hall–Kier alpha value is -2.84. The lowest BCUT2D eigenvalue weighted by molar-refractivity contribution is 0.103. The van der Waals surface area contributed by atoms with Gasteiger partial charge in [0.25, 0.3) is 0 Å². The van der Waals surface area contributed by atoms with Crippen LogP contribution in [0.25, 0.3) is 6.08 Å². The van der Waals surface area contributed by atoms with Gasteiger partial charge in [0, 0.05) is 22.5 Å². The van der Waals surface area contributed by atoms with Gasteiger partial charge in [-0.3, -0.25) is 4.79 Å². The fourth-order valence-electron chi connectivity index (χ4n) is 2.84. The summed E-state index contributed by atoms with van der Waals surface area (Å²) in [6, 6.07) is 21.0. The Balaban J connectivity index is 1.89. The molecule has 3 rings (SSSR count). The molecule has 0 unspecified atom stereocenters. The molecule has 2 nitrogen and oxygen atoms in total. The fourth-order valence-corrected chi connectivity index (χ4v) is 3.11. The molecule has 0 amide bonds. The summed E-state index contributed by atoms with van der Waals surface area (Å²) >= 11 is 6.42. The molecule has 3 aromatic carbocycles. The van der Waals surface area contributed by atoms with E-state index in [-0.39, 0.29) is 5.78 Å². The fraction of sp³-hybridized carbons (Fsp3) is 0.0870. The monoisotopic (exact) mass is 361 g/mol. The molecule has 0 aliphatic carbocycles. The third kappa shape index (κ3) is 3.87. The molecule has 0 aliphatic heterocycles. The van der Waals surface area contributed by atoms with Gasteiger partial charge in [-0.2, -0.15) is 0 Å². The molecule has 3 heteroatoms. The van der Waals surface area contributed by atoms with Crippen molar-refractivity contribution >= 4 is 34.8 Å². The van der Waals surface area contributed by atoms with Crippen molar-refractivity contribution in [3.8, 4) is 0 Å². The number of para-hydroxylation sites is 1. The second-order valence-corrected chi connectivity index (χ2v) is 6.46. The number of allylic oxidation sites excluding steroid dienone is 1. The van der Waals surface area contributed by atoms with E-state index in [1.54, 1.807) is 12.1 Å². The van der Waals surface area contributed by atoms with Crippen molar-refractivity contribution in [2.75, 3.05) is 5.32 Å². The van der Waals surface area contributed by atoms with Crippen LogP contribution in [-0.2, 0) is 0 Å². The molecular weight excluding hydrogens is 342 g/mol. The summed E-state index contributed by atoms with van der Waals surface area (Å²) in [5.74, 6) is -0.0611. The predicted octanol–water partition coefficient (Wildman–Crippen LogP) is 6.66. The van der Waals surface area contributed by atoms with E-state index >= 15 is 0 Å². The number of benzene rings is 3. The predicted molar refractivity (Wildman–Crippen MR) is 110 cm³/mol. The van der Waals surface area contributed by atoms with E-state index in [1.165, 1.54) is 0 Å².